The molecule has 0 saturated heterocycles. The number of pyridine rings is 1. The molecule has 11 heteroatoms. The zero-order valence-electron chi connectivity index (χ0n) is 17.1. The predicted molar refractivity (Wildman–Crippen MR) is 109 cm³/mol. The van der Waals surface area contributed by atoms with Gasteiger partial charge in [0.2, 0.25) is 5.88 Å². The molecule has 0 fully saturated rings. The summed E-state index contributed by atoms with van der Waals surface area (Å²) in [6, 6.07) is 8.76. The quantitative estimate of drug-likeness (QED) is 0.660. The maximum atomic E-state index is 13.2. The van der Waals surface area contributed by atoms with Gasteiger partial charge in [0.1, 0.15) is 5.69 Å². The molecule has 0 bridgehead atoms. The Balaban J connectivity index is 1.62. The summed E-state index contributed by atoms with van der Waals surface area (Å²) >= 11 is 0. The average molecular weight is 445 g/mol. The van der Waals surface area contributed by atoms with Crippen LogP contribution in [0.2, 0.25) is 0 Å². The van der Waals surface area contributed by atoms with E-state index >= 15 is 0 Å². The van der Waals surface area contributed by atoms with Gasteiger partial charge in [0.25, 0.3) is 11.8 Å². The van der Waals surface area contributed by atoms with E-state index < -0.39 is 23.6 Å². The summed E-state index contributed by atoms with van der Waals surface area (Å²) in [4.78, 5) is 31.3. The molecule has 1 aliphatic heterocycles. The van der Waals surface area contributed by atoms with Gasteiger partial charge in [-0.2, -0.15) is 18.3 Å². The molecule has 4 rings (SSSR count). The van der Waals surface area contributed by atoms with Gasteiger partial charge in [-0.05, 0) is 37.3 Å². The summed E-state index contributed by atoms with van der Waals surface area (Å²) in [7, 11) is 1.42. The highest BCUT2D eigenvalue weighted by Crippen LogP contribution is 2.33. The highest BCUT2D eigenvalue weighted by atomic mass is 19.4. The molecule has 0 aliphatic carbocycles. The number of hydrogen-bond acceptors (Lipinski definition) is 5. The summed E-state index contributed by atoms with van der Waals surface area (Å²) in [6.07, 6.45) is -3.11. The molecule has 3 aromatic rings. The Kier molecular flexibility index (Phi) is 5.33. The minimum atomic E-state index is -4.47. The molecule has 1 aromatic carbocycles. The predicted octanol–water partition coefficient (Wildman–Crippen LogP) is 3.78. The number of methoxy groups -OCH3 is 1. The van der Waals surface area contributed by atoms with Crippen LogP contribution in [0.5, 0.6) is 5.88 Å². The second kappa shape index (κ2) is 7.98. The summed E-state index contributed by atoms with van der Waals surface area (Å²) in [6.45, 7) is 2.03. The first-order valence-electron chi connectivity index (χ1n) is 9.58. The van der Waals surface area contributed by atoms with Crippen LogP contribution in [0.4, 0.5) is 24.5 Å². The molecule has 32 heavy (non-hydrogen) atoms. The average Bonchev–Trinajstić information content (AvgIpc) is 3.20. The van der Waals surface area contributed by atoms with E-state index in [4.69, 9.17) is 4.74 Å². The van der Waals surface area contributed by atoms with E-state index in [9.17, 15) is 22.8 Å². The van der Waals surface area contributed by atoms with Crippen molar-refractivity contribution in [3.05, 3.63) is 65.6 Å². The van der Waals surface area contributed by atoms with Gasteiger partial charge in [-0.15, -0.1) is 0 Å². The van der Waals surface area contributed by atoms with Crippen molar-refractivity contribution in [3.8, 4) is 5.88 Å². The number of ether oxygens (including phenoxy) is 1. The van der Waals surface area contributed by atoms with Gasteiger partial charge in [-0.25, -0.2) is 4.98 Å². The van der Waals surface area contributed by atoms with Crippen molar-refractivity contribution in [1.82, 2.24) is 14.8 Å². The van der Waals surface area contributed by atoms with Crippen molar-refractivity contribution in [2.45, 2.75) is 19.1 Å². The molecule has 166 valence electrons. The zero-order valence-corrected chi connectivity index (χ0v) is 17.1. The normalized spacial score (nSPS) is 16.0. The van der Waals surface area contributed by atoms with Crippen molar-refractivity contribution in [1.29, 1.82) is 0 Å². The zero-order chi connectivity index (χ0) is 23.0. The molecular formula is C21H18F3N5O3. The molecule has 0 spiro atoms. The lowest BCUT2D eigenvalue weighted by Gasteiger charge is -2.32. The summed E-state index contributed by atoms with van der Waals surface area (Å²) in [5, 5.41) is 6.84. The molecule has 0 saturated carbocycles. The summed E-state index contributed by atoms with van der Waals surface area (Å²) in [5.41, 5.74) is -0.107. The SMILES string of the molecule is COc1cccc(C(=O)Nc2cnn3c2C(=O)N(c2ccc(C(F)(F)F)cc2)C[C@@H]3C)n1. The van der Waals surface area contributed by atoms with Gasteiger partial charge < -0.3 is 15.0 Å². The molecular weight excluding hydrogens is 427 g/mol. The molecule has 2 aromatic heterocycles. The maximum absolute atomic E-state index is 13.2. The van der Waals surface area contributed by atoms with Crippen LogP contribution in [0, 0.1) is 0 Å². The van der Waals surface area contributed by atoms with Gasteiger partial charge in [-0.1, -0.05) is 6.07 Å². The van der Waals surface area contributed by atoms with Crippen molar-refractivity contribution in [3.63, 3.8) is 0 Å². The number of amides is 2. The molecule has 8 nitrogen and oxygen atoms in total. The summed E-state index contributed by atoms with van der Waals surface area (Å²) in [5.74, 6) is -0.797. The Morgan fingerprint density at radius 2 is 1.91 bits per heavy atom. The fraction of sp³-hybridized carbons (Fsp3) is 0.238. The Morgan fingerprint density at radius 1 is 1.19 bits per heavy atom. The van der Waals surface area contributed by atoms with Crippen LogP contribution >= 0.6 is 0 Å². The number of nitrogens with zero attached hydrogens (tertiary/aromatic N) is 4. The Labute approximate surface area is 180 Å². The number of rotatable bonds is 4. The van der Waals surface area contributed by atoms with Gasteiger partial charge in [0, 0.05) is 18.3 Å². The van der Waals surface area contributed by atoms with Gasteiger partial charge in [-0.3, -0.25) is 14.3 Å². The van der Waals surface area contributed by atoms with Crippen molar-refractivity contribution in [2.24, 2.45) is 0 Å². The van der Waals surface area contributed by atoms with Crippen LogP contribution < -0.4 is 15.0 Å². The van der Waals surface area contributed by atoms with E-state index in [0.717, 1.165) is 12.1 Å². The highest BCUT2D eigenvalue weighted by molar-refractivity contribution is 6.12. The lowest BCUT2D eigenvalue weighted by Crippen LogP contribution is -2.43. The number of anilines is 2. The number of aromatic nitrogens is 3. The number of hydrogen-bond donors (Lipinski definition) is 1. The number of carbonyl (C=O) groups is 2. The second-order valence-corrected chi connectivity index (χ2v) is 7.18. The van der Waals surface area contributed by atoms with Crippen molar-refractivity contribution in [2.75, 3.05) is 23.9 Å². The lowest BCUT2D eigenvalue weighted by atomic mass is 10.1. The molecule has 3 heterocycles. The first kappa shape index (κ1) is 21.3. The van der Waals surface area contributed by atoms with E-state index in [-0.39, 0.29) is 35.5 Å². The monoisotopic (exact) mass is 445 g/mol. The van der Waals surface area contributed by atoms with Crippen molar-refractivity contribution < 1.29 is 27.5 Å². The van der Waals surface area contributed by atoms with Crippen LogP contribution in [0.15, 0.2) is 48.7 Å². The number of carbonyl (C=O) groups excluding carboxylic acids is 2. The molecule has 1 N–H and O–H groups in total. The smallest absolute Gasteiger partial charge is 0.416 e. The number of alkyl halides is 3. The van der Waals surface area contributed by atoms with Crippen LogP contribution in [0.1, 0.15) is 39.5 Å². The number of halogens is 3. The van der Waals surface area contributed by atoms with E-state index in [1.54, 1.807) is 12.1 Å². The minimum absolute atomic E-state index is 0.0835. The second-order valence-electron chi connectivity index (χ2n) is 7.18. The first-order valence-corrected chi connectivity index (χ1v) is 9.58. The molecule has 1 aliphatic rings. The van der Waals surface area contributed by atoms with Gasteiger partial charge >= 0.3 is 6.18 Å². The Morgan fingerprint density at radius 3 is 2.56 bits per heavy atom. The highest BCUT2D eigenvalue weighted by Gasteiger charge is 2.35. The number of fused-ring (bicyclic) bond motifs is 1. The standard InChI is InChI=1S/C21H18F3N5O3/c1-12-11-28(14-8-6-13(7-9-14)21(22,23)24)20(31)18-16(10-25-29(12)18)27-19(30)15-4-3-5-17(26-15)32-2/h3-10,12H,11H2,1-2H3,(H,27,30)/t12-/m0/s1. The third kappa shape index (κ3) is 3.88. The molecule has 1 atom stereocenters. The Hall–Kier alpha value is -3.89. The van der Waals surface area contributed by atoms with Gasteiger partial charge in [0.15, 0.2) is 5.69 Å². The summed E-state index contributed by atoms with van der Waals surface area (Å²) < 4.78 is 45.1. The first-order chi connectivity index (χ1) is 15.2. The third-order valence-electron chi connectivity index (χ3n) is 5.03. The topological polar surface area (TPSA) is 89.3 Å². The lowest BCUT2D eigenvalue weighted by molar-refractivity contribution is -0.137. The third-order valence-corrected chi connectivity index (χ3v) is 5.03. The van der Waals surface area contributed by atoms with E-state index in [1.165, 1.54) is 41.1 Å². The van der Waals surface area contributed by atoms with Crippen LogP contribution in [0.25, 0.3) is 0 Å². The van der Waals surface area contributed by atoms with Crippen molar-refractivity contribution >= 4 is 23.2 Å². The minimum Gasteiger partial charge on any atom is -0.481 e. The van der Waals surface area contributed by atoms with E-state index in [2.05, 4.69) is 15.4 Å². The molecule has 0 radical (unpaired) electrons. The molecule has 0 unspecified atom stereocenters. The molecule has 2 amide bonds. The maximum Gasteiger partial charge on any atom is 0.416 e. The fourth-order valence-corrected chi connectivity index (χ4v) is 3.45. The van der Waals surface area contributed by atoms with Crippen LogP contribution in [-0.4, -0.2) is 40.2 Å². The van der Waals surface area contributed by atoms with Crippen LogP contribution in [0.3, 0.4) is 0 Å². The number of nitrogens with one attached hydrogen (secondary N) is 1. The number of benzene rings is 1. The van der Waals surface area contributed by atoms with Crippen LogP contribution in [-0.2, 0) is 6.18 Å². The Bertz CT molecular complexity index is 1170. The largest absolute Gasteiger partial charge is 0.481 e. The van der Waals surface area contributed by atoms with Gasteiger partial charge in [0.05, 0.1) is 30.6 Å². The van der Waals surface area contributed by atoms with E-state index in [1.807, 2.05) is 6.92 Å². The fourth-order valence-electron chi connectivity index (χ4n) is 3.45. The van der Waals surface area contributed by atoms with E-state index in [0.29, 0.717) is 5.69 Å².